The summed E-state index contributed by atoms with van der Waals surface area (Å²) in [6, 6.07) is 0. The molecule has 43 heteroatoms. The van der Waals surface area contributed by atoms with Crippen LogP contribution in [0.15, 0.2) is 34.9 Å². The summed E-state index contributed by atoms with van der Waals surface area (Å²) in [7, 11) is -3.91. The Bertz CT molecular complexity index is 4100. The number of anilines is 4. The number of aliphatic hydroxyl groups excluding tert-OH is 6. The zero-order chi connectivity index (χ0) is 68.5. The number of phosphoric ester groups is 1. The number of phosphoric acid groups is 1. The maximum Gasteiger partial charge on any atom is 0.475 e. The van der Waals surface area contributed by atoms with E-state index in [0.29, 0.717) is 24.2 Å². The number of nitrogens with two attached hydrogens (primary N) is 4. The van der Waals surface area contributed by atoms with Crippen LogP contribution in [0.1, 0.15) is 80.3 Å². The molecule has 0 spiro atoms. The van der Waals surface area contributed by atoms with Crippen LogP contribution in [0.5, 0.6) is 11.8 Å². The van der Waals surface area contributed by atoms with Crippen LogP contribution in [0, 0.1) is 0 Å². The van der Waals surface area contributed by atoms with Crippen molar-refractivity contribution in [2.45, 2.75) is 158 Å². The van der Waals surface area contributed by atoms with Gasteiger partial charge in [0.25, 0.3) is 11.1 Å². The van der Waals surface area contributed by atoms with Gasteiger partial charge in [0.2, 0.25) is 35.6 Å². The summed E-state index contributed by atoms with van der Waals surface area (Å²) >= 11 is 0. The Morgan fingerprint density at radius 2 is 0.968 bits per heavy atom. The maximum atomic E-state index is 15.9. The summed E-state index contributed by atoms with van der Waals surface area (Å²) in [5.74, 6) is 0.0255. The van der Waals surface area contributed by atoms with Crippen LogP contribution >= 0.6 is 7.82 Å². The third-order valence-electron chi connectivity index (χ3n) is 15.7. The van der Waals surface area contributed by atoms with Gasteiger partial charge < -0.3 is 87.1 Å². The van der Waals surface area contributed by atoms with Gasteiger partial charge in [-0.25, -0.2) is 37.7 Å². The number of aliphatic hydroxyl groups is 7. The molecule has 39 nitrogen and oxygen atoms in total. The Balaban J connectivity index is 0.000000138. The Kier molecular flexibility index (Phi) is 19.1. The van der Waals surface area contributed by atoms with E-state index in [9.17, 15) is 53.6 Å². The van der Waals surface area contributed by atoms with Crippen molar-refractivity contribution in [3.63, 3.8) is 0 Å². The Hall–Kier alpha value is -7.94. The number of aromatic amines is 2. The fourth-order valence-corrected chi connectivity index (χ4v) is 12.8. The number of ether oxygens (including phenoxy) is 6. The molecule has 0 bridgehead atoms. The summed E-state index contributed by atoms with van der Waals surface area (Å²) in [6.45, 7) is 11.0. The highest BCUT2D eigenvalue weighted by molar-refractivity contribution is 7.48. The average Bonchev–Trinajstić information content (AvgIpc) is 1.61. The molecular formula is C51H70F3N20O19P. The lowest BCUT2D eigenvalue weighted by Gasteiger charge is -2.34. The minimum atomic E-state index is -3.91. The maximum absolute atomic E-state index is 15.9. The molecule has 5 saturated heterocycles. The third-order valence-corrected chi connectivity index (χ3v) is 17.3. The van der Waals surface area contributed by atoms with Gasteiger partial charge in [-0.2, -0.15) is 29.9 Å². The number of alkyl halides is 3. The van der Waals surface area contributed by atoms with Gasteiger partial charge in [0.05, 0.1) is 71.1 Å². The molecule has 0 radical (unpaired) electrons. The second kappa shape index (κ2) is 26.0. The van der Waals surface area contributed by atoms with E-state index in [4.69, 9.17) is 70.0 Å². The Morgan fingerprint density at radius 3 is 1.35 bits per heavy atom. The molecule has 17 atom stereocenters. The van der Waals surface area contributed by atoms with Crippen LogP contribution in [0.3, 0.4) is 0 Å². The van der Waals surface area contributed by atoms with Crippen molar-refractivity contribution in [2.24, 2.45) is 0 Å². The van der Waals surface area contributed by atoms with Gasteiger partial charge >= 0.3 is 7.82 Å². The number of imidazole rings is 4. The Morgan fingerprint density at radius 1 is 0.596 bits per heavy atom. The number of aromatic nitrogens is 16. The molecular weight excluding hydrogens is 1280 g/mol. The molecule has 8 aromatic rings. The molecule has 13 heterocycles. The molecule has 5 aliphatic heterocycles. The van der Waals surface area contributed by atoms with Gasteiger partial charge in [-0.3, -0.25) is 51.4 Å². The van der Waals surface area contributed by atoms with E-state index in [2.05, 4.69) is 59.8 Å². The number of rotatable bonds is 13. The van der Waals surface area contributed by atoms with Crippen LogP contribution in [0.25, 0.3) is 44.7 Å². The molecule has 0 amide bonds. The molecule has 0 aliphatic carbocycles. The summed E-state index contributed by atoms with van der Waals surface area (Å²) in [5, 5.41) is 67.7. The minimum Gasteiger partial charge on any atom is -0.476 e. The van der Waals surface area contributed by atoms with Crippen LogP contribution < -0.4 is 43.5 Å². The zero-order valence-corrected chi connectivity index (χ0v) is 52.1. The first-order valence-electron chi connectivity index (χ1n) is 28.9. The lowest BCUT2D eigenvalue weighted by molar-refractivity contribution is -0.0950. The Labute approximate surface area is 526 Å². The van der Waals surface area contributed by atoms with Crippen molar-refractivity contribution < 1.29 is 95.5 Å². The summed E-state index contributed by atoms with van der Waals surface area (Å²) < 4.78 is 112. The largest absolute Gasteiger partial charge is 0.476 e. The quantitative estimate of drug-likeness (QED) is 0.0587. The van der Waals surface area contributed by atoms with Gasteiger partial charge in [0, 0.05) is 0 Å². The van der Waals surface area contributed by atoms with Gasteiger partial charge in [0.1, 0.15) is 54.4 Å². The standard InChI is InChI=1S/C16H23FN5O6P.C13H18FN5O4.C11H14FN5O4.C11H15N5O5/c1-5-24-13-10-12(20-15(18)21-13)22(7-19-10)14-16(4,17)11-9(26-14)6-25-29(23,28-11)27-8(2)3;1-3-22-10-7-9(17-12(15)18-10)19(5-16-7)11-13(2,14)8(21)6(4-20)23-11;1-11(12)6(19)4(2-18)21-9(11)17-3-14-5-7(17)15-10(13)16-8(5)20;1-11(20)6(18)4(2-17)21-9(11)16-3-13-5-7(16)14-10(12)15-8(5)19/h7-9,11,14H,5-6H2,1-4H3,(H2,18,20,21);5-6,8,11,20-21H,3-4H2,1-2H3,(H2,15,17,18);3-4,6,9,18-19H,2H2,1H3,(H3,13,15,16,20);3-4,6,9,17-18,20H,2H2,1H3,(H3,12,14,15,19)/t9-,11+,14-,16?,29?;6-,8+,11-,13?;2*4-,6+,9-,11?/m1111/s1. The van der Waals surface area contributed by atoms with E-state index < -0.39 is 141 Å². The van der Waals surface area contributed by atoms with E-state index in [1.807, 2.05) is 0 Å². The van der Waals surface area contributed by atoms with E-state index in [0.717, 1.165) is 6.92 Å². The lowest BCUT2D eigenvalue weighted by atomic mass is 9.96. The normalized spacial score (nSPS) is 32.9. The molecule has 8 aromatic heterocycles. The first kappa shape index (κ1) is 68.9. The van der Waals surface area contributed by atoms with Gasteiger partial charge in [-0.15, -0.1) is 0 Å². The summed E-state index contributed by atoms with van der Waals surface area (Å²) in [6.07, 6.45) is -9.41. The second-order valence-electron chi connectivity index (χ2n) is 22.9. The van der Waals surface area contributed by atoms with Crippen molar-refractivity contribution in [1.82, 2.24) is 78.1 Å². The highest BCUT2D eigenvalue weighted by atomic mass is 31.2. The molecule has 5 unspecified atom stereocenters. The first-order valence-corrected chi connectivity index (χ1v) is 30.3. The second-order valence-corrected chi connectivity index (χ2v) is 24.5. The molecule has 514 valence electrons. The predicted molar refractivity (Wildman–Crippen MR) is 316 cm³/mol. The fourth-order valence-electron chi connectivity index (χ4n) is 11.1. The van der Waals surface area contributed by atoms with Crippen molar-refractivity contribution in [3.05, 3.63) is 46.0 Å². The van der Waals surface area contributed by atoms with Crippen LogP contribution in [-0.4, -0.2) is 231 Å². The van der Waals surface area contributed by atoms with Crippen molar-refractivity contribution in [3.8, 4) is 11.8 Å². The lowest BCUT2D eigenvalue weighted by Crippen LogP contribution is -2.45. The topological polar surface area (TPSA) is 560 Å². The first-order chi connectivity index (χ1) is 44.3. The summed E-state index contributed by atoms with van der Waals surface area (Å²) in [5.41, 5.74) is 14.5. The van der Waals surface area contributed by atoms with Gasteiger partial charge in [0.15, 0.2) is 86.6 Å². The number of nitrogens with zero attached hydrogens (tertiary/aromatic N) is 14. The summed E-state index contributed by atoms with van der Waals surface area (Å²) in [4.78, 5) is 68.2. The van der Waals surface area contributed by atoms with Crippen LogP contribution in [-0.2, 0) is 37.1 Å². The van der Waals surface area contributed by atoms with E-state index >= 15 is 4.39 Å². The number of nitrogens with one attached hydrogen (secondary N) is 2. The smallest absolute Gasteiger partial charge is 0.475 e. The number of fused-ring (bicyclic) bond motifs is 5. The highest BCUT2D eigenvalue weighted by Crippen LogP contribution is 2.60. The molecule has 0 aromatic carbocycles. The number of hydrogen-bond acceptors (Lipinski definition) is 33. The van der Waals surface area contributed by atoms with E-state index in [1.54, 1.807) is 27.7 Å². The molecule has 0 saturated carbocycles. The third kappa shape index (κ3) is 12.4. The predicted octanol–water partition coefficient (Wildman–Crippen LogP) is -1.45. The number of halogens is 3. The monoisotopic (exact) mass is 1350 g/mol. The number of nitrogen functional groups attached to an aromatic ring is 4. The number of hydrogen-bond donors (Lipinski definition) is 13. The molecule has 17 N–H and O–H groups in total. The van der Waals surface area contributed by atoms with Crippen molar-refractivity contribution in [2.75, 3.05) is 62.6 Å². The minimum absolute atomic E-state index is 0.0226. The fraction of sp³-hybridized carbons (Fsp3) is 0.608. The molecule has 5 fully saturated rings. The van der Waals surface area contributed by atoms with Crippen LogP contribution in [0.4, 0.5) is 37.0 Å². The number of H-pyrrole nitrogens is 2. The highest BCUT2D eigenvalue weighted by Gasteiger charge is 2.62. The van der Waals surface area contributed by atoms with Crippen molar-refractivity contribution >= 4 is 76.3 Å². The van der Waals surface area contributed by atoms with Crippen LogP contribution in [0.2, 0.25) is 0 Å². The van der Waals surface area contributed by atoms with E-state index in [1.165, 1.54) is 64.3 Å². The SMILES string of the molecule is CC1(F)[C@@H](O)[C@@H](CO)O[C@H]1n1cnc2c(=O)[nH]c(N)nc21.CC1(O)[C@@H](O)[C@@H](CO)O[C@H]1n1cnc2c(=O)[nH]c(N)nc21.CCOc1nc(N)nc2c1ncn2[C@@H]1O[C@@H]2COP(=O)(OC(C)C)O[C@@H]2C1(C)F.CCOc1nc(N)nc2c1ncn2[C@@H]1O[C@H](CO)[C@H](O)C1(C)F. The average molecular weight is 1360 g/mol. The molecule has 5 aliphatic rings. The van der Waals surface area contributed by atoms with E-state index in [-0.39, 0.29) is 75.8 Å². The van der Waals surface area contributed by atoms with Gasteiger partial charge in [-0.05, 0) is 55.4 Å². The van der Waals surface area contributed by atoms with Gasteiger partial charge in [-0.1, -0.05) is 0 Å². The van der Waals surface area contributed by atoms with Crippen molar-refractivity contribution in [1.29, 1.82) is 0 Å². The zero-order valence-electron chi connectivity index (χ0n) is 51.2. The molecule has 94 heavy (non-hydrogen) atoms. The molecule has 13 rings (SSSR count).